The van der Waals surface area contributed by atoms with E-state index in [2.05, 4.69) is 44.9 Å². The monoisotopic (exact) mass is 209 g/mol. The number of amidine groups is 1. The van der Waals surface area contributed by atoms with Gasteiger partial charge in [-0.15, -0.1) is 0 Å². The molecule has 0 aliphatic carbocycles. The maximum atomic E-state index is 3.70. The standard InChI is InChI=1S/C13H24N2/c1-11(2)6-8-13(5)9-7-12(3,4)15-10(13)14-11/h6-9H2,1-5H3,(H,14,15)/p+1. The molecule has 2 aliphatic heterocycles. The van der Waals surface area contributed by atoms with Gasteiger partial charge < -0.3 is 0 Å². The van der Waals surface area contributed by atoms with Crippen LogP contribution in [-0.2, 0) is 0 Å². The van der Waals surface area contributed by atoms with Gasteiger partial charge in [0.2, 0.25) is 5.84 Å². The molecule has 2 nitrogen and oxygen atoms in total. The molecule has 2 rings (SSSR count). The van der Waals surface area contributed by atoms with Gasteiger partial charge in [-0.05, 0) is 60.3 Å². The molecule has 0 saturated carbocycles. The van der Waals surface area contributed by atoms with Gasteiger partial charge in [-0.2, -0.15) is 0 Å². The van der Waals surface area contributed by atoms with Crippen LogP contribution in [0, 0.1) is 5.41 Å². The second-order valence-corrected chi connectivity index (χ2v) is 6.95. The van der Waals surface area contributed by atoms with Crippen LogP contribution < -0.4 is 10.3 Å². The van der Waals surface area contributed by atoms with Crippen molar-refractivity contribution in [1.29, 1.82) is 0 Å². The highest BCUT2D eigenvalue weighted by Crippen LogP contribution is 2.38. The molecule has 0 amide bonds. The van der Waals surface area contributed by atoms with Gasteiger partial charge in [0.05, 0.1) is 16.5 Å². The van der Waals surface area contributed by atoms with E-state index in [1.807, 2.05) is 0 Å². The van der Waals surface area contributed by atoms with Crippen LogP contribution in [0.3, 0.4) is 0 Å². The second kappa shape index (κ2) is 2.99. The Balaban J connectivity index is 2.31. The average molecular weight is 209 g/mol. The van der Waals surface area contributed by atoms with Crippen LogP contribution >= 0.6 is 0 Å². The third-order valence-electron chi connectivity index (χ3n) is 4.13. The minimum atomic E-state index is 0.259. The Kier molecular flexibility index (Phi) is 2.19. The van der Waals surface area contributed by atoms with Crippen molar-refractivity contribution in [3.8, 4) is 0 Å². The van der Waals surface area contributed by atoms with E-state index in [9.17, 15) is 0 Å². The summed E-state index contributed by atoms with van der Waals surface area (Å²) in [6.45, 7) is 11.6. The van der Waals surface area contributed by atoms with Gasteiger partial charge in [0, 0.05) is 0 Å². The van der Waals surface area contributed by atoms with E-state index < -0.39 is 0 Å². The van der Waals surface area contributed by atoms with Gasteiger partial charge in [-0.1, -0.05) is 0 Å². The van der Waals surface area contributed by atoms with Crippen LogP contribution in [0.1, 0.15) is 60.3 Å². The molecule has 2 heterocycles. The van der Waals surface area contributed by atoms with Crippen LogP contribution in [0.25, 0.3) is 0 Å². The summed E-state index contributed by atoms with van der Waals surface area (Å²) in [7, 11) is 0. The predicted molar refractivity (Wildman–Crippen MR) is 63.8 cm³/mol. The lowest BCUT2D eigenvalue weighted by Crippen LogP contribution is -2.92. The molecular formula is C13H25N2+. The molecule has 0 unspecified atom stereocenters. The third kappa shape index (κ3) is 2.04. The van der Waals surface area contributed by atoms with Gasteiger partial charge >= 0.3 is 0 Å². The van der Waals surface area contributed by atoms with E-state index in [0.29, 0.717) is 5.41 Å². The summed E-state index contributed by atoms with van der Waals surface area (Å²) in [4.78, 5) is 3.70. The number of piperidine rings is 1. The smallest absolute Gasteiger partial charge is 0.249 e. The van der Waals surface area contributed by atoms with Gasteiger partial charge in [0.25, 0.3) is 0 Å². The van der Waals surface area contributed by atoms with Gasteiger partial charge in [-0.25, -0.2) is 0 Å². The van der Waals surface area contributed by atoms with Gasteiger partial charge in [0.15, 0.2) is 0 Å². The van der Waals surface area contributed by atoms with Crippen LogP contribution in [0.5, 0.6) is 0 Å². The van der Waals surface area contributed by atoms with E-state index in [1.54, 1.807) is 0 Å². The second-order valence-electron chi connectivity index (χ2n) is 6.95. The topological polar surface area (TPSA) is 26.0 Å². The molecule has 0 radical (unpaired) electrons. The number of hydrogen-bond donors (Lipinski definition) is 2. The molecule has 0 aromatic carbocycles. The zero-order chi connectivity index (χ0) is 11.3. The molecule has 0 spiro atoms. The van der Waals surface area contributed by atoms with Crippen molar-refractivity contribution in [3.63, 3.8) is 0 Å². The molecule has 1 atom stereocenters. The van der Waals surface area contributed by atoms with E-state index in [-0.39, 0.29) is 11.1 Å². The summed E-state index contributed by atoms with van der Waals surface area (Å²) in [5, 5.41) is 3.70. The van der Waals surface area contributed by atoms with Crippen LogP contribution in [0.4, 0.5) is 0 Å². The first-order chi connectivity index (χ1) is 6.73. The summed E-state index contributed by atoms with van der Waals surface area (Å²) in [6.07, 6.45) is 5.17. The molecule has 0 bridgehead atoms. The lowest BCUT2D eigenvalue weighted by molar-refractivity contribution is -0.559. The van der Waals surface area contributed by atoms with Crippen molar-refractivity contribution in [3.05, 3.63) is 0 Å². The first-order valence-corrected chi connectivity index (χ1v) is 6.16. The molecule has 1 saturated heterocycles. The molecule has 1 fully saturated rings. The predicted octanol–water partition coefficient (Wildman–Crippen LogP) is 1.21. The van der Waals surface area contributed by atoms with Crippen LogP contribution in [-0.4, -0.2) is 16.9 Å². The summed E-state index contributed by atoms with van der Waals surface area (Å²) in [5.41, 5.74) is 0.898. The van der Waals surface area contributed by atoms with Crippen molar-refractivity contribution in [2.24, 2.45) is 5.41 Å². The lowest BCUT2D eigenvalue weighted by Gasteiger charge is -2.43. The zero-order valence-electron chi connectivity index (χ0n) is 10.8. The summed E-state index contributed by atoms with van der Waals surface area (Å²) < 4.78 is 0. The highest BCUT2D eigenvalue weighted by atomic mass is 15.1. The Morgan fingerprint density at radius 3 is 2.20 bits per heavy atom. The highest BCUT2D eigenvalue weighted by Gasteiger charge is 2.48. The summed E-state index contributed by atoms with van der Waals surface area (Å²) in [6, 6.07) is 0. The SMILES string of the molecule is CC1(C)CC[C@@]2(C)CCC(C)(C)[NH+]=C2N1. The van der Waals surface area contributed by atoms with Gasteiger partial charge in [-0.3, -0.25) is 10.3 Å². The molecule has 2 heteroatoms. The molecule has 2 aliphatic rings. The minimum absolute atomic E-state index is 0.259. The molecule has 2 N–H and O–H groups in total. The molecular weight excluding hydrogens is 184 g/mol. The number of rotatable bonds is 0. The van der Waals surface area contributed by atoms with E-state index in [0.717, 1.165) is 0 Å². The lowest BCUT2D eigenvalue weighted by atomic mass is 9.69. The fourth-order valence-corrected chi connectivity index (χ4v) is 2.69. The van der Waals surface area contributed by atoms with Gasteiger partial charge in [0.1, 0.15) is 0 Å². The fourth-order valence-electron chi connectivity index (χ4n) is 2.69. The molecule has 0 aromatic heterocycles. The maximum Gasteiger partial charge on any atom is 0.249 e. The van der Waals surface area contributed by atoms with E-state index in [4.69, 9.17) is 0 Å². The average Bonchev–Trinajstić information content (AvgIpc) is 2.07. The molecule has 0 aromatic rings. The Morgan fingerprint density at radius 1 is 0.933 bits per heavy atom. The Hall–Kier alpha value is -0.530. The summed E-state index contributed by atoms with van der Waals surface area (Å²) >= 11 is 0. The first kappa shape index (κ1) is 11.0. The summed E-state index contributed by atoms with van der Waals surface area (Å²) in [5.74, 6) is 1.38. The van der Waals surface area contributed by atoms with Crippen molar-refractivity contribution in [1.82, 2.24) is 5.32 Å². The van der Waals surface area contributed by atoms with Crippen LogP contribution in [0.2, 0.25) is 0 Å². The van der Waals surface area contributed by atoms with E-state index in [1.165, 1.54) is 31.5 Å². The maximum absolute atomic E-state index is 3.70. The highest BCUT2D eigenvalue weighted by molar-refractivity contribution is 5.84. The number of hydrogen-bond acceptors (Lipinski definition) is 1. The van der Waals surface area contributed by atoms with E-state index >= 15 is 0 Å². The van der Waals surface area contributed by atoms with Crippen molar-refractivity contribution < 1.29 is 4.99 Å². The zero-order valence-corrected chi connectivity index (χ0v) is 10.8. The molecule has 86 valence electrons. The number of fused-ring (bicyclic) bond motifs is 1. The Morgan fingerprint density at radius 2 is 1.53 bits per heavy atom. The van der Waals surface area contributed by atoms with Crippen molar-refractivity contribution in [2.75, 3.05) is 0 Å². The largest absolute Gasteiger partial charge is 0.273 e. The molecule has 15 heavy (non-hydrogen) atoms. The third-order valence-corrected chi connectivity index (χ3v) is 4.13. The Bertz CT molecular complexity index is 302. The van der Waals surface area contributed by atoms with Crippen molar-refractivity contribution in [2.45, 2.75) is 71.4 Å². The first-order valence-electron chi connectivity index (χ1n) is 6.16. The minimum Gasteiger partial charge on any atom is -0.273 e. The fraction of sp³-hybridized carbons (Fsp3) is 0.923. The van der Waals surface area contributed by atoms with Crippen molar-refractivity contribution >= 4 is 5.84 Å². The quantitative estimate of drug-likeness (QED) is 0.616. The number of nitrogens with one attached hydrogen (secondary N) is 2. The normalized spacial score (nSPS) is 37.5. The Labute approximate surface area is 93.6 Å². The van der Waals surface area contributed by atoms with Crippen LogP contribution in [0.15, 0.2) is 0 Å².